The maximum Gasteiger partial charge on any atom is 0.319 e. The number of benzene rings is 1. The molecular formula is C23H38N4O3. The first kappa shape index (κ1) is 24.0. The van der Waals surface area contributed by atoms with Gasteiger partial charge in [0, 0.05) is 57.6 Å². The third kappa shape index (κ3) is 6.62. The highest BCUT2D eigenvalue weighted by atomic mass is 16.5. The van der Waals surface area contributed by atoms with E-state index in [9.17, 15) is 9.59 Å². The molecule has 0 saturated carbocycles. The van der Waals surface area contributed by atoms with Crippen molar-refractivity contribution >= 4 is 23.3 Å². The normalized spacial score (nSPS) is 15.9. The summed E-state index contributed by atoms with van der Waals surface area (Å²) in [5.41, 5.74) is 2.76. The van der Waals surface area contributed by atoms with Gasteiger partial charge in [0.15, 0.2) is 0 Å². The number of hydrogen-bond acceptors (Lipinski definition) is 4. The number of amides is 3. The number of nitrogens with zero attached hydrogens (tertiary/aromatic N) is 2. The molecule has 0 bridgehead atoms. The predicted molar refractivity (Wildman–Crippen MR) is 122 cm³/mol. The number of nitrogens with one attached hydrogen (secondary N) is 2. The molecule has 3 amide bonds. The lowest BCUT2D eigenvalue weighted by atomic mass is 10.0. The zero-order valence-corrected chi connectivity index (χ0v) is 19.2. The third-order valence-corrected chi connectivity index (χ3v) is 5.61. The van der Waals surface area contributed by atoms with Crippen LogP contribution in [0, 0.1) is 5.92 Å². The first-order valence-electron chi connectivity index (χ1n) is 11.1. The molecule has 1 aromatic carbocycles. The molecule has 7 nitrogen and oxygen atoms in total. The van der Waals surface area contributed by atoms with Crippen LogP contribution in [-0.4, -0.2) is 56.7 Å². The molecule has 7 heteroatoms. The summed E-state index contributed by atoms with van der Waals surface area (Å²) in [6.45, 7) is 8.45. The quantitative estimate of drug-likeness (QED) is 0.605. The molecule has 1 atom stereocenters. The molecule has 1 fully saturated rings. The minimum Gasteiger partial charge on any atom is -0.377 e. The van der Waals surface area contributed by atoms with Crippen molar-refractivity contribution in [1.29, 1.82) is 0 Å². The standard InChI is InChI=1S/C23H38N4O3/c1-6-17(7-2)22(28)27(16-20-10-9-13-30-20)15-18-14-19(25-23(29)24-8-3)11-12-21(18)26(4)5/h11-12,14,17,20H,6-10,13,15-16H2,1-5H3,(H2,24,25,29)/t20-/m1/s1. The van der Waals surface area contributed by atoms with Crippen LogP contribution >= 0.6 is 0 Å². The Morgan fingerprint density at radius 1 is 1.20 bits per heavy atom. The second kappa shape index (κ2) is 11.8. The van der Waals surface area contributed by atoms with Gasteiger partial charge < -0.3 is 25.2 Å². The van der Waals surface area contributed by atoms with Crippen LogP contribution in [0.1, 0.15) is 52.0 Å². The van der Waals surface area contributed by atoms with Crippen molar-refractivity contribution < 1.29 is 14.3 Å². The molecule has 0 unspecified atom stereocenters. The average molecular weight is 419 g/mol. The minimum atomic E-state index is -0.231. The van der Waals surface area contributed by atoms with Gasteiger partial charge in [0.1, 0.15) is 0 Å². The number of ether oxygens (including phenoxy) is 1. The molecule has 1 saturated heterocycles. The molecule has 0 radical (unpaired) electrons. The highest BCUT2D eigenvalue weighted by Gasteiger charge is 2.27. The molecule has 0 spiro atoms. The summed E-state index contributed by atoms with van der Waals surface area (Å²) in [5, 5.41) is 5.62. The predicted octanol–water partition coefficient (Wildman–Crippen LogP) is 3.84. The second-order valence-electron chi connectivity index (χ2n) is 8.09. The number of urea groups is 1. The van der Waals surface area contributed by atoms with Gasteiger partial charge in [-0.2, -0.15) is 0 Å². The van der Waals surface area contributed by atoms with E-state index in [1.54, 1.807) is 0 Å². The fourth-order valence-electron chi connectivity index (χ4n) is 3.93. The van der Waals surface area contributed by atoms with Crippen LogP contribution in [0.15, 0.2) is 18.2 Å². The lowest BCUT2D eigenvalue weighted by Gasteiger charge is -2.30. The molecule has 2 N–H and O–H groups in total. The molecule has 0 aliphatic carbocycles. The molecule has 1 heterocycles. The Bertz CT molecular complexity index is 698. The van der Waals surface area contributed by atoms with Crippen molar-refractivity contribution in [2.75, 3.05) is 44.0 Å². The van der Waals surface area contributed by atoms with E-state index in [0.717, 1.165) is 43.5 Å². The summed E-state index contributed by atoms with van der Waals surface area (Å²) in [7, 11) is 3.98. The van der Waals surface area contributed by atoms with Crippen molar-refractivity contribution in [2.24, 2.45) is 5.92 Å². The smallest absolute Gasteiger partial charge is 0.319 e. The van der Waals surface area contributed by atoms with Crippen LogP contribution < -0.4 is 15.5 Å². The summed E-state index contributed by atoms with van der Waals surface area (Å²) in [4.78, 5) is 29.2. The molecule has 1 aromatic rings. The van der Waals surface area contributed by atoms with E-state index in [1.807, 2.05) is 49.0 Å². The van der Waals surface area contributed by atoms with E-state index in [-0.39, 0.29) is 24.0 Å². The van der Waals surface area contributed by atoms with Crippen molar-refractivity contribution in [3.05, 3.63) is 23.8 Å². The van der Waals surface area contributed by atoms with E-state index in [1.165, 1.54) is 0 Å². The Balaban J connectivity index is 2.30. The number of carbonyl (C=O) groups is 2. The van der Waals surface area contributed by atoms with Gasteiger partial charge >= 0.3 is 6.03 Å². The first-order chi connectivity index (χ1) is 14.4. The van der Waals surface area contributed by atoms with Crippen molar-refractivity contribution in [3.8, 4) is 0 Å². The van der Waals surface area contributed by atoms with Gasteiger partial charge in [-0.05, 0) is 56.4 Å². The minimum absolute atomic E-state index is 0.0193. The Morgan fingerprint density at radius 3 is 2.50 bits per heavy atom. The van der Waals surface area contributed by atoms with Gasteiger partial charge in [-0.1, -0.05) is 13.8 Å². The van der Waals surface area contributed by atoms with Gasteiger partial charge in [-0.3, -0.25) is 4.79 Å². The zero-order chi connectivity index (χ0) is 22.1. The molecule has 168 valence electrons. The van der Waals surface area contributed by atoms with Crippen molar-refractivity contribution in [2.45, 2.75) is 59.1 Å². The van der Waals surface area contributed by atoms with Crippen LogP contribution in [0.3, 0.4) is 0 Å². The van der Waals surface area contributed by atoms with E-state index >= 15 is 0 Å². The van der Waals surface area contributed by atoms with E-state index in [2.05, 4.69) is 24.5 Å². The average Bonchev–Trinajstić information content (AvgIpc) is 3.21. The summed E-state index contributed by atoms with van der Waals surface area (Å²) in [6.07, 6.45) is 3.80. The van der Waals surface area contributed by atoms with Gasteiger partial charge in [0.05, 0.1) is 6.10 Å². The molecule has 30 heavy (non-hydrogen) atoms. The maximum absolute atomic E-state index is 13.3. The van der Waals surface area contributed by atoms with E-state index in [0.29, 0.717) is 25.3 Å². The third-order valence-electron chi connectivity index (χ3n) is 5.61. The zero-order valence-electron chi connectivity index (χ0n) is 19.2. The molecular weight excluding hydrogens is 380 g/mol. The monoisotopic (exact) mass is 418 g/mol. The topological polar surface area (TPSA) is 73.9 Å². The Morgan fingerprint density at radius 2 is 1.93 bits per heavy atom. The fourth-order valence-corrected chi connectivity index (χ4v) is 3.93. The van der Waals surface area contributed by atoms with Crippen LogP contribution in [-0.2, 0) is 16.1 Å². The van der Waals surface area contributed by atoms with E-state index in [4.69, 9.17) is 4.74 Å². The molecule has 2 rings (SSSR count). The van der Waals surface area contributed by atoms with Crippen LogP contribution in [0.25, 0.3) is 0 Å². The van der Waals surface area contributed by atoms with Gasteiger partial charge in [0.2, 0.25) is 5.91 Å². The highest BCUT2D eigenvalue weighted by Crippen LogP contribution is 2.27. The van der Waals surface area contributed by atoms with Crippen LogP contribution in [0.4, 0.5) is 16.2 Å². The van der Waals surface area contributed by atoms with Crippen molar-refractivity contribution in [1.82, 2.24) is 10.2 Å². The summed E-state index contributed by atoms with van der Waals surface area (Å²) in [6, 6.07) is 5.61. The SMILES string of the molecule is CCNC(=O)Nc1ccc(N(C)C)c(CN(C[C@H]2CCCO2)C(=O)C(CC)CC)c1. The molecule has 0 aromatic heterocycles. The lowest BCUT2D eigenvalue weighted by molar-refractivity contribution is -0.138. The van der Waals surface area contributed by atoms with Crippen LogP contribution in [0.2, 0.25) is 0 Å². The van der Waals surface area contributed by atoms with Crippen LogP contribution in [0.5, 0.6) is 0 Å². The molecule has 1 aliphatic rings. The summed E-state index contributed by atoms with van der Waals surface area (Å²) in [5.74, 6) is 0.202. The number of carbonyl (C=O) groups excluding carboxylic acids is 2. The Hall–Kier alpha value is -2.28. The summed E-state index contributed by atoms with van der Waals surface area (Å²) >= 11 is 0. The highest BCUT2D eigenvalue weighted by molar-refractivity contribution is 5.89. The number of hydrogen-bond donors (Lipinski definition) is 2. The van der Waals surface area contributed by atoms with Crippen molar-refractivity contribution in [3.63, 3.8) is 0 Å². The Kier molecular flexibility index (Phi) is 9.43. The van der Waals surface area contributed by atoms with Gasteiger partial charge in [0.25, 0.3) is 0 Å². The number of anilines is 2. The maximum atomic E-state index is 13.3. The fraction of sp³-hybridized carbons (Fsp3) is 0.652. The Labute approximate surface area is 181 Å². The number of rotatable bonds is 10. The van der Waals surface area contributed by atoms with Gasteiger partial charge in [-0.15, -0.1) is 0 Å². The largest absolute Gasteiger partial charge is 0.377 e. The van der Waals surface area contributed by atoms with E-state index < -0.39 is 0 Å². The molecule has 1 aliphatic heterocycles. The lowest BCUT2D eigenvalue weighted by Crippen LogP contribution is -2.40. The second-order valence-corrected chi connectivity index (χ2v) is 8.09. The van der Waals surface area contributed by atoms with Gasteiger partial charge in [-0.25, -0.2) is 4.79 Å². The summed E-state index contributed by atoms with van der Waals surface area (Å²) < 4.78 is 5.83. The first-order valence-corrected chi connectivity index (χ1v) is 11.1.